The van der Waals surface area contributed by atoms with Crippen molar-refractivity contribution in [2.24, 2.45) is 0 Å². The number of sulfone groups is 1. The summed E-state index contributed by atoms with van der Waals surface area (Å²) in [5, 5.41) is 0.767. The normalized spacial score (nSPS) is 11.8. The first-order valence-corrected chi connectivity index (χ1v) is 10.3. The van der Waals surface area contributed by atoms with Crippen molar-refractivity contribution < 1.29 is 12.8 Å². The van der Waals surface area contributed by atoms with Gasteiger partial charge in [-0.05, 0) is 49.1 Å². The highest BCUT2D eigenvalue weighted by Crippen LogP contribution is 2.31. The molecule has 3 nitrogen and oxygen atoms in total. The molecule has 4 rings (SSSR count). The average molecular weight is 376 g/mol. The third-order valence-electron chi connectivity index (χ3n) is 4.83. The molecule has 0 saturated carbocycles. The number of furan rings is 1. The van der Waals surface area contributed by atoms with E-state index in [2.05, 4.69) is 0 Å². The van der Waals surface area contributed by atoms with Crippen LogP contribution < -0.4 is 0 Å². The van der Waals surface area contributed by atoms with Gasteiger partial charge in [0.2, 0.25) is 14.9 Å². The van der Waals surface area contributed by atoms with E-state index < -0.39 is 9.84 Å². The van der Waals surface area contributed by atoms with Crippen LogP contribution in [0.25, 0.3) is 11.0 Å². The number of para-hydroxylation sites is 1. The first kappa shape index (κ1) is 17.6. The minimum atomic E-state index is -3.75. The second-order valence-electron chi connectivity index (χ2n) is 6.82. The summed E-state index contributed by atoms with van der Waals surface area (Å²) < 4.78 is 32.3. The first-order valence-electron chi connectivity index (χ1n) is 8.83. The fraction of sp³-hybridized carbons (Fsp3) is 0.130. The molecular formula is C23H20O3S. The monoisotopic (exact) mass is 376 g/mol. The molecule has 0 aliphatic heterocycles. The van der Waals surface area contributed by atoms with Gasteiger partial charge in [0.15, 0.2) is 0 Å². The number of benzene rings is 3. The zero-order valence-corrected chi connectivity index (χ0v) is 16.1. The lowest BCUT2D eigenvalue weighted by Gasteiger charge is -2.12. The molecule has 1 heterocycles. The Hall–Kier alpha value is -2.85. The van der Waals surface area contributed by atoms with E-state index in [0.717, 1.165) is 22.1 Å². The van der Waals surface area contributed by atoms with Gasteiger partial charge in [0.25, 0.3) is 0 Å². The number of fused-ring (bicyclic) bond motifs is 1. The van der Waals surface area contributed by atoms with Crippen LogP contribution in [0.4, 0.5) is 0 Å². The SMILES string of the molecule is Cc1ccc(Cc2c(C)cccc2S(=O)(=O)c2cc3ccccc3o2)cc1. The molecule has 0 spiro atoms. The summed E-state index contributed by atoms with van der Waals surface area (Å²) in [6.07, 6.45) is 0.557. The predicted octanol–water partition coefficient (Wildman–Crippen LogP) is 5.47. The standard InChI is InChI=1S/C23H20O3S/c1-16-10-12-18(13-11-16)14-20-17(2)6-5-9-22(20)27(24,25)23-15-19-7-3-4-8-21(19)26-23/h3-13,15H,14H2,1-2H3. The van der Waals surface area contributed by atoms with Gasteiger partial charge in [-0.2, -0.15) is 0 Å². The van der Waals surface area contributed by atoms with E-state index in [1.54, 1.807) is 24.3 Å². The van der Waals surface area contributed by atoms with Crippen LogP contribution in [0.5, 0.6) is 0 Å². The summed E-state index contributed by atoms with van der Waals surface area (Å²) in [6.45, 7) is 3.98. The molecule has 4 heteroatoms. The molecule has 0 amide bonds. The molecule has 27 heavy (non-hydrogen) atoms. The molecule has 0 aliphatic carbocycles. The summed E-state index contributed by atoms with van der Waals surface area (Å²) >= 11 is 0. The van der Waals surface area contributed by atoms with Crippen LogP contribution in [-0.2, 0) is 16.3 Å². The Labute approximate surface area is 159 Å². The Morgan fingerprint density at radius 3 is 2.33 bits per heavy atom. The van der Waals surface area contributed by atoms with E-state index in [4.69, 9.17) is 4.42 Å². The van der Waals surface area contributed by atoms with Gasteiger partial charge in [-0.1, -0.05) is 60.2 Å². The minimum absolute atomic E-state index is 0.0144. The van der Waals surface area contributed by atoms with Gasteiger partial charge in [-0.3, -0.25) is 0 Å². The maximum atomic E-state index is 13.3. The lowest BCUT2D eigenvalue weighted by Crippen LogP contribution is -2.07. The highest BCUT2D eigenvalue weighted by molar-refractivity contribution is 7.91. The van der Waals surface area contributed by atoms with Crippen molar-refractivity contribution in [2.75, 3.05) is 0 Å². The number of hydrogen-bond acceptors (Lipinski definition) is 3. The second kappa shape index (κ2) is 6.71. The van der Waals surface area contributed by atoms with Crippen LogP contribution in [0.2, 0.25) is 0 Å². The summed E-state index contributed by atoms with van der Waals surface area (Å²) in [5.74, 6) is 0. The molecule has 0 N–H and O–H groups in total. The Morgan fingerprint density at radius 2 is 1.59 bits per heavy atom. The molecule has 0 atom stereocenters. The fourth-order valence-corrected chi connectivity index (χ4v) is 4.78. The van der Waals surface area contributed by atoms with Gasteiger partial charge in [0.05, 0.1) is 4.90 Å². The highest BCUT2D eigenvalue weighted by atomic mass is 32.2. The van der Waals surface area contributed by atoms with E-state index in [-0.39, 0.29) is 5.09 Å². The van der Waals surface area contributed by atoms with Crippen molar-refractivity contribution in [3.8, 4) is 0 Å². The maximum Gasteiger partial charge on any atom is 0.239 e. The Bertz CT molecular complexity index is 1180. The molecule has 3 aromatic carbocycles. The van der Waals surface area contributed by atoms with E-state index in [1.165, 1.54) is 5.56 Å². The maximum absolute atomic E-state index is 13.3. The zero-order chi connectivity index (χ0) is 19.0. The van der Waals surface area contributed by atoms with E-state index in [1.807, 2.05) is 62.4 Å². The van der Waals surface area contributed by atoms with Gasteiger partial charge in [0, 0.05) is 11.5 Å². The molecule has 0 fully saturated rings. The van der Waals surface area contributed by atoms with Gasteiger partial charge in [0.1, 0.15) is 5.58 Å². The molecule has 0 unspecified atom stereocenters. The van der Waals surface area contributed by atoms with Crippen LogP contribution in [0.3, 0.4) is 0 Å². The zero-order valence-electron chi connectivity index (χ0n) is 15.3. The van der Waals surface area contributed by atoms with E-state index >= 15 is 0 Å². The van der Waals surface area contributed by atoms with Crippen LogP contribution in [-0.4, -0.2) is 8.42 Å². The van der Waals surface area contributed by atoms with Crippen molar-refractivity contribution in [3.63, 3.8) is 0 Å². The number of hydrogen-bond donors (Lipinski definition) is 0. The topological polar surface area (TPSA) is 47.3 Å². The molecule has 0 aliphatic rings. The van der Waals surface area contributed by atoms with Crippen LogP contribution in [0.15, 0.2) is 87.2 Å². The number of rotatable bonds is 4. The lowest BCUT2D eigenvalue weighted by atomic mass is 10.00. The Morgan fingerprint density at radius 1 is 0.852 bits per heavy atom. The molecule has 0 bridgehead atoms. The third-order valence-corrected chi connectivity index (χ3v) is 6.52. The fourth-order valence-electron chi connectivity index (χ4n) is 3.26. The Kier molecular flexibility index (Phi) is 4.36. The lowest BCUT2D eigenvalue weighted by molar-refractivity contribution is 0.481. The summed E-state index contributed by atoms with van der Waals surface area (Å²) in [4.78, 5) is 0.308. The van der Waals surface area contributed by atoms with Crippen molar-refractivity contribution in [3.05, 3.63) is 95.1 Å². The van der Waals surface area contributed by atoms with Crippen LogP contribution in [0.1, 0.15) is 22.3 Å². The van der Waals surface area contributed by atoms with Gasteiger partial charge >= 0.3 is 0 Å². The molecule has 0 saturated heterocycles. The molecule has 1 aromatic heterocycles. The smallest absolute Gasteiger partial charge is 0.239 e. The van der Waals surface area contributed by atoms with Gasteiger partial charge in [-0.25, -0.2) is 8.42 Å². The largest absolute Gasteiger partial charge is 0.444 e. The Balaban J connectivity index is 1.83. The molecule has 0 radical (unpaired) electrons. The van der Waals surface area contributed by atoms with Crippen molar-refractivity contribution in [1.82, 2.24) is 0 Å². The first-order chi connectivity index (χ1) is 12.9. The minimum Gasteiger partial charge on any atom is -0.444 e. The summed E-state index contributed by atoms with van der Waals surface area (Å²) in [7, 11) is -3.75. The van der Waals surface area contributed by atoms with E-state index in [0.29, 0.717) is 16.9 Å². The van der Waals surface area contributed by atoms with E-state index in [9.17, 15) is 8.42 Å². The van der Waals surface area contributed by atoms with Crippen molar-refractivity contribution >= 4 is 20.8 Å². The van der Waals surface area contributed by atoms with Gasteiger partial charge in [-0.15, -0.1) is 0 Å². The highest BCUT2D eigenvalue weighted by Gasteiger charge is 2.26. The molecule has 136 valence electrons. The van der Waals surface area contributed by atoms with Crippen molar-refractivity contribution in [1.29, 1.82) is 0 Å². The third kappa shape index (κ3) is 3.28. The molecular weight excluding hydrogens is 356 g/mol. The number of aryl methyl sites for hydroxylation is 2. The van der Waals surface area contributed by atoms with Gasteiger partial charge < -0.3 is 4.42 Å². The van der Waals surface area contributed by atoms with Crippen LogP contribution >= 0.6 is 0 Å². The quantitative estimate of drug-likeness (QED) is 0.474. The summed E-state index contributed by atoms with van der Waals surface area (Å²) in [6, 6.07) is 22.5. The molecule has 4 aromatic rings. The summed E-state index contributed by atoms with van der Waals surface area (Å²) in [5.41, 5.74) is 4.59. The predicted molar refractivity (Wildman–Crippen MR) is 107 cm³/mol. The van der Waals surface area contributed by atoms with Crippen molar-refractivity contribution in [2.45, 2.75) is 30.3 Å². The average Bonchev–Trinajstić information content (AvgIpc) is 3.10. The second-order valence-corrected chi connectivity index (χ2v) is 8.67. The van der Waals surface area contributed by atoms with Crippen LogP contribution in [0, 0.1) is 13.8 Å².